The van der Waals surface area contributed by atoms with Gasteiger partial charge in [0.1, 0.15) is 11.8 Å². The van der Waals surface area contributed by atoms with Crippen LogP contribution in [-0.2, 0) is 11.3 Å². The van der Waals surface area contributed by atoms with E-state index < -0.39 is 0 Å². The fourth-order valence-corrected chi connectivity index (χ4v) is 4.65. The summed E-state index contributed by atoms with van der Waals surface area (Å²) in [6.07, 6.45) is 3.95. The number of hydrogen-bond donors (Lipinski definition) is 1. The van der Waals surface area contributed by atoms with Gasteiger partial charge in [-0.1, -0.05) is 6.07 Å². The highest BCUT2D eigenvalue weighted by Crippen LogP contribution is 2.35. The van der Waals surface area contributed by atoms with Gasteiger partial charge >= 0.3 is 0 Å². The van der Waals surface area contributed by atoms with Gasteiger partial charge in [0, 0.05) is 57.2 Å². The minimum Gasteiger partial charge on any atom is -0.497 e. The number of nitrogens with zero attached hydrogens (tertiary/aromatic N) is 4. The van der Waals surface area contributed by atoms with Crippen molar-refractivity contribution in [2.24, 2.45) is 0 Å². The smallest absolute Gasteiger partial charge is 0.247 e. The zero-order chi connectivity index (χ0) is 19.8. The number of aromatic nitrogens is 1. The maximum Gasteiger partial charge on any atom is 0.247 e. The Morgan fingerprint density at radius 3 is 2.86 bits per heavy atom. The van der Waals surface area contributed by atoms with Crippen molar-refractivity contribution in [3.8, 4) is 5.75 Å². The molecule has 2 aromatic rings. The molecule has 0 spiro atoms. The number of hydrogen-bond acceptors (Lipinski definition) is 6. The van der Waals surface area contributed by atoms with E-state index in [0.29, 0.717) is 0 Å². The first-order chi connectivity index (χ1) is 14.2. The molecule has 0 aliphatic carbocycles. The zero-order valence-electron chi connectivity index (χ0n) is 16.8. The number of carbonyl (C=O) groups excluding carboxylic acids is 1. The molecule has 3 aliphatic heterocycles. The maximum absolute atomic E-state index is 12.4. The zero-order valence-corrected chi connectivity index (χ0v) is 16.8. The van der Waals surface area contributed by atoms with Crippen molar-refractivity contribution >= 4 is 23.1 Å². The second-order valence-electron chi connectivity index (χ2n) is 8.02. The molecule has 2 fully saturated rings. The van der Waals surface area contributed by atoms with Gasteiger partial charge < -0.3 is 19.9 Å². The highest BCUT2D eigenvalue weighted by molar-refractivity contribution is 6.03. The monoisotopic (exact) mass is 393 g/mol. The Hall–Kier alpha value is -2.80. The molecule has 2 saturated heterocycles. The number of nitrogens with one attached hydrogen (secondary N) is 1. The SMILES string of the molecule is COc1cccc(N2CCN(Cc3cnc4c(c3)NC(=O)C3CCCN43)CC2)c1. The van der Waals surface area contributed by atoms with Gasteiger partial charge in [-0.3, -0.25) is 9.69 Å². The van der Waals surface area contributed by atoms with Crippen LogP contribution in [0, 0.1) is 0 Å². The van der Waals surface area contributed by atoms with E-state index in [4.69, 9.17) is 9.72 Å². The number of ether oxygens (including phenoxy) is 1. The Morgan fingerprint density at radius 2 is 2.03 bits per heavy atom. The van der Waals surface area contributed by atoms with Crippen molar-refractivity contribution in [1.82, 2.24) is 9.88 Å². The number of anilines is 3. The van der Waals surface area contributed by atoms with Crippen molar-refractivity contribution in [2.45, 2.75) is 25.4 Å². The van der Waals surface area contributed by atoms with Gasteiger partial charge in [-0.25, -0.2) is 4.98 Å². The predicted octanol–water partition coefficient (Wildman–Crippen LogP) is 2.33. The molecule has 5 rings (SSSR count). The van der Waals surface area contributed by atoms with Gasteiger partial charge in [0.15, 0.2) is 5.82 Å². The molecule has 1 aromatic carbocycles. The summed E-state index contributed by atoms with van der Waals surface area (Å²) in [5, 5.41) is 3.07. The Balaban J connectivity index is 1.23. The fourth-order valence-electron chi connectivity index (χ4n) is 4.65. The number of carbonyl (C=O) groups is 1. The van der Waals surface area contributed by atoms with Gasteiger partial charge in [0.2, 0.25) is 5.91 Å². The molecule has 29 heavy (non-hydrogen) atoms. The van der Waals surface area contributed by atoms with Crippen LogP contribution in [0.4, 0.5) is 17.2 Å². The quantitative estimate of drug-likeness (QED) is 0.860. The first kappa shape index (κ1) is 18.2. The van der Waals surface area contributed by atoms with Gasteiger partial charge in [0.25, 0.3) is 0 Å². The number of methoxy groups -OCH3 is 1. The third-order valence-electron chi connectivity index (χ3n) is 6.21. The lowest BCUT2D eigenvalue weighted by molar-refractivity contribution is -0.117. The number of benzene rings is 1. The lowest BCUT2D eigenvalue weighted by atomic mass is 10.1. The predicted molar refractivity (Wildman–Crippen MR) is 114 cm³/mol. The molecule has 4 heterocycles. The van der Waals surface area contributed by atoms with Gasteiger partial charge in [-0.2, -0.15) is 0 Å². The number of rotatable bonds is 4. The van der Waals surface area contributed by atoms with Crippen LogP contribution in [0.25, 0.3) is 0 Å². The molecule has 1 N–H and O–H groups in total. The van der Waals surface area contributed by atoms with Crippen LogP contribution in [0.15, 0.2) is 36.5 Å². The maximum atomic E-state index is 12.4. The molecule has 1 atom stereocenters. The van der Waals surface area contributed by atoms with Crippen molar-refractivity contribution in [2.75, 3.05) is 55.0 Å². The molecule has 0 radical (unpaired) electrons. The van der Waals surface area contributed by atoms with Crippen LogP contribution in [0.2, 0.25) is 0 Å². The highest BCUT2D eigenvalue weighted by atomic mass is 16.5. The van der Waals surface area contributed by atoms with Crippen LogP contribution in [0.5, 0.6) is 5.75 Å². The average Bonchev–Trinajstić information content (AvgIpc) is 3.25. The molecule has 3 aliphatic rings. The van der Waals surface area contributed by atoms with Gasteiger partial charge in [0.05, 0.1) is 12.8 Å². The Bertz CT molecular complexity index is 910. The van der Waals surface area contributed by atoms with E-state index in [-0.39, 0.29) is 11.9 Å². The van der Waals surface area contributed by atoms with Crippen LogP contribution < -0.4 is 19.9 Å². The van der Waals surface area contributed by atoms with Crippen LogP contribution in [0.1, 0.15) is 18.4 Å². The van der Waals surface area contributed by atoms with Crippen molar-refractivity contribution in [1.29, 1.82) is 0 Å². The summed E-state index contributed by atoms with van der Waals surface area (Å²) in [5.74, 6) is 1.94. The molecule has 1 unspecified atom stereocenters. The summed E-state index contributed by atoms with van der Waals surface area (Å²) in [4.78, 5) is 24.1. The molecule has 1 aromatic heterocycles. The number of pyridine rings is 1. The number of piperazine rings is 1. The Morgan fingerprint density at radius 1 is 1.17 bits per heavy atom. The second kappa shape index (κ2) is 7.55. The summed E-state index contributed by atoms with van der Waals surface area (Å²) in [6, 6.07) is 10.3. The molecule has 7 nitrogen and oxygen atoms in total. The van der Waals surface area contributed by atoms with E-state index in [2.05, 4.69) is 38.2 Å². The molecule has 1 amide bonds. The number of fused-ring (bicyclic) bond motifs is 3. The van der Waals surface area contributed by atoms with E-state index in [1.54, 1.807) is 7.11 Å². The lowest BCUT2D eigenvalue weighted by Gasteiger charge is -2.36. The summed E-state index contributed by atoms with van der Waals surface area (Å²) in [7, 11) is 1.70. The molecule has 0 bridgehead atoms. The van der Waals surface area contributed by atoms with E-state index in [1.807, 2.05) is 18.3 Å². The van der Waals surface area contributed by atoms with E-state index >= 15 is 0 Å². The van der Waals surface area contributed by atoms with Crippen LogP contribution in [0.3, 0.4) is 0 Å². The first-order valence-corrected chi connectivity index (χ1v) is 10.4. The Labute approximate surface area is 171 Å². The van der Waals surface area contributed by atoms with Crippen molar-refractivity contribution < 1.29 is 9.53 Å². The first-order valence-electron chi connectivity index (χ1n) is 10.4. The van der Waals surface area contributed by atoms with Crippen LogP contribution in [-0.4, -0.2) is 61.7 Å². The largest absolute Gasteiger partial charge is 0.497 e. The normalized spacial score (nSPS) is 21.6. The van der Waals surface area contributed by atoms with E-state index in [9.17, 15) is 4.79 Å². The molecule has 7 heteroatoms. The molecule has 0 saturated carbocycles. The van der Waals surface area contributed by atoms with Gasteiger partial charge in [-0.15, -0.1) is 0 Å². The van der Waals surface area contributed by atoms with E-state index in [1.165, 1.54) is 5.69 Å². The summed E-state index contributed by atoms with van der Waals surface area (Å²) in [6.45, 7) is 5.73. The molecule has 152 valence electrons. The van der Waals surface area contributed by atoms with Crippen molar-refractivity contribution in [3.63, 3.8) is 0 Å². The average molecular weight is 393 g/mol. The van der Waals surface area contributed by atoms with Gasteiger partial charge in [-0.05, 0) is 36.6 Å². The third-order valence-corrected chi connectivity index (χ3v) is 6.21. The second-order valence-corrected chi connectivity index (χ2v) is 8.02. The summed E-state index contributed by atoms with van der Waals surface area (Å²) < 4.78 is 5.35. The number of amides is 1. The minimum absolute atomic E-state index is 0.0365. The molecular formula is C22H27N5O2. The topological polar surface area (TPSA) is 60.9 Å². The fraction of sp³-hybridized carbons (Fsp3) is 0.455. The third kappa shape index (κ3) is 3.51. The van der Waals surface area contributed by atoms with Crippen LogP contribution >= 0.6 is 0 Å². The summed E-state index contributed by atoms with van der Waals surface area (Å²) in [5.41, 5.74) is 3.22. The van der Waals surface area contributed by atoms with E-state index in [0.717, 1.165) is 74.9 Å². The lowest BCUT2D eigenvalue weighted by Crippen LogP contribution is -2.46. The molecular weight excluding hydrogens is 366 g/mol. The van der Waals surface area contributed by atoms with Crippen molar-refractivity contribution in [3.05, 3.63) is 42.1 Å². The standard InChI is InChI=1S/C22H27N5O2/c1-29-18-5-2-4-17(13-18)26-10-8-25(9-11-26)15-16-12-19-21(23-14-16)27-7-3-6-20(27)22(28)24-19/h2,4-5,12-14,20H,3,6-11,15H2,1H3,(H,24,28). The Kier molecular flexibility index (Phi) is 4.75. The summed E-state index contributed by atoms with van der Waals surface area (Å²) >= 11 is 0. The highest BCUT2D eigenvalue weighted by Gasteiger charge is 2.37. The minimum atomic E-state index is -0.0365.